The van der Waals surface area contributed by atoms with Crippen LogP contribution in [-0.2, 0) is 6.42 Å². The van der Waals surface area contributed by atoms with Gasteiger partial charge in [-0.2, -0.15) is 0 Å². The van der Waals surface area contributed by atoms with Crippen molar-refractivity contribution in [3.05, 3.63) is 96.1 Å². The molecule has 0 nitrogen and oxygen atoms in total. The largest absolute Gasteiger partial charge is 0.135 e. The average molecular weight is 372 g/mol. The van der Waals surface area contributed by atoms with Crippen LogP contribution >= 0.6 is 11.3 Å². The minimum atomic E-state index is 1.04. The van der Waals surface area contributed by atoms with Crippen molar-refractivity contribution in [3.8, 4) is 11.1 Å². The predicted molar refractivity (Wildman–Crippen MR) is 123 cm³/mol. The Labute approximate surface area is 166 Å². The number of benzene rings is 5. The van der Waals surface area contributed by atoms with E-state index in [0.717, 1.165) is 6.42 Å². The van der Waals surface area contributed by atoms with Crippen LogP contribution < -0.4 is 0 Å². The SMILES string of the molecule is c1ccc2c3c(ccc2c1)Cc1cc2c(cc1-3)sc1ccc3ccccc3c12. The first-order chi connectivity index (χ1) is 13.9. The van der Waals surface area contributed by atoms with E-state index < -0.39 is 0 Å². The van der Waals surface area contributed by atoms with Crippen molar-refractivity contribution in [2.75, 3.05) is 0 Å². The van der Waals surface area contributed by atoms with Crippen LogP contribution in [0.15, 0.2) is 84.9 Å². The van der Waals surface area contributed by atoms with Crippen molar-refractivity contribution in [1.82, 2.24) is 0 Å². The monoisotopic (exact) mass is 372 g/mol. The topological polar surface area (TPSA) is 0 Å². The second-order valence-corrected chi connectivity index (χ2v) is 8.85. The smallest absolute Gasteiger partial charge is 0.0362 e. The van der Waals surface area contributed by atoms with Crippen LogP contribution in [0.1, 0.15) is 11.1 Å². The fraction of sp³-hybridized carbons (Fsp3) is 0.0370. The number of thiophene rings is 1. The highest BCUT2D eigenvalue weighted by molar-refractivity contribution is 7.26. The Kier molecular flexibility index (Phi) is 2.76. The summed E-state index contributed by atoms with van der Waals surface area (Å²) in [5, 5.41) is 8.23. The van der Waals surface area contributed by atoms with Gasteiger partial charge in [0.15, 0.2) is 0 Å². The third kappa shape index (κ3) is 1.85. The Hall–Kier alpha value is -3.16. The molecule has 1 aromatic heterocycles. The van der Waals surface area contributed by atoms with Gasteiger partial charge in [0, 0.05) is 20.2 Å². The summed E-state index contributed by atoms with van der Waals surface area (Å²) in [6, 6.07) is 31.6. The molecule has 7 rings (SSSR count). The van der Waals surface area contributed by atoms with E-state index >= 15 is 0 Å². The molecule has 1 aliphatic carbocycles. The second kappa shape index (κ2) is 5.21. The molecule has 0 fully saturated rings. The Balaban J connectivity index is 1.61. The number of fused-ring (bicyclic) bond motifs is 10. The third-order valence-electron chi connectivity index (χ3n) is 6.25. The molecule has 0 saturated heterocycles. The molecular weight excluding hydrogens is 356 g/mol. The molecule has 0 saturated carbocycles. The molecule has 1 aliphatic rings. The van der Waals surface area contributed by atoms with E-state index in [9.17, 15) is 0 Å². The van der Waals surface area contributed by atoms with Gasteiger partial charge >= 0.3 is 0 Å². The first-order valence-corrected chi connectivity index (χ1v) is 10.6. The van der Waals surface area contributed by atoms with E-state index in [2.05, 4.69) is 84.9 Å². The molecule has 130 valence electrons. The maximum Gasteiger partial charge on any atom is 0.0362 e. The van der Waals surface area contributed by atoms with Gasteiger partial charge in [0.2, 0.25) is 0 Å². The minimum Gasteiger partial charge on any atom is -0.135 e. The Bertz CT molecular complexity index is 1580. The molecule has 0 N–H and O–H groups in total. The Morgan fingerprint density at radius 2 is 1.32 bits per heavy atom. The molecule has 0 amide bonds. The number of hydrogen-bond donors (Lipinski definition) is 0. The van der Waals surface area contributed by atoms with Crippen LogP contribution in [0.4, 0.5) is 0 Å². The van der Waals surface area contributed by atoms with Gasteiger partial charge in [-0.25, -0.2) is 0 Å². The van der Waals surface area contributed by atoms with E-state index in [4.69, 9.17) is 0 Å². The quantitative estimate of drug-likeness (QED) is 0.253. The van der Waals surface area contributed by atoms with Crippen molar-refractivity contribution in [3.63, 3.8) is 0 Å². The normalized spacial score (nSPS) is 12.9. The highest BCUT2D eigenvalue weighted by Gasteiger charge is 2.22. The molecule has 0 spiro atoms. The predicted octanol–water partition coefficient (Wildman–Crippen LogP) is 7.93. The summed E-state index contributed by atoms with van der Waals surface area (Å²) in [7, 11) is 0. The molecule has 6 aromatic rings. The zero-order valence-corrected chi connectivity index (χ0v) is 16.0. The van der Waals surface area contributed by atoms with Crippen LogP contribution in [-0.4, -0.2) is 0 Å². The first-order valence-electron chi connectivity index (χ1n) is 9.75. The van der Waals surface area contributed by atoms with Crippen LogP contribution in [0.2, 0.25) is 0 Å². The molecule has 0 unspecified atom stereocenters. The van der Waals surface area contributed by atoms with Gasteiger partial charge in [-0.3, -0.25) is 0 Å². The van der Waals surface area contributed by atoms with E-state index in [1.165, 1.54) is 64.0 Å². The highest BCUT2D eigenvalue weighted by atomic mass is 32.1. The van der Waals surface area contributed by atoms with Gasteiger partial charge in [0.25, 0.3) is 0 Å². The summed E-state index contributed by atoms with van der Waals surface area (Å²) in [6.07, 6.45) is 1.04. The van der Waals surface area contributed by atoms with E-state index in [1.54, 1.807) is 0 Å². The van der Waals surface area contributed by atoms with Crippen molar-refractivity contribution < 1.29 is 0 Å². The molecule has 0 atom stereocenters. The van der Waals surface area contributed by atoms with Crippen LogP contribution in [0.25, 0.3) is 52.8 Å². The zero-order valence-electron chi connectivity index (χ0n) is 15.2. The lowest BCUT2D eigenvalue weighted by atomic mass is 9.97. The van der Waals surface area contributed by atoms with Gasteiger partial charge < -0.3 is 0 Å². The van der Waals surface area contributed by atoms with Gasteiger partial charge in [-0.15, -0.1) is 11.3 Å². The molecule has 5 aromatic carbocycles. The average Bonchev–Trinajstić information content (AvgIpc) is 3.29. The number of rotatable bonds is 0. The first kappa shape index (κ1) is 14.8. The molecule has 0 aliphatic heterocycles. The van der Waals surface area contributed by atoms with Crippen molar-refractivity contribution >= 4 is 53.1 Å². The van der Waals surface area contributed by atoms with E-state index in [-0.39, 0.29) is 0 Å². The van der Waals surface area contributed by atoms with Gasteiger partial charge in [-0.05, 0) is 68.4 Å². The van der Waals surface area contributed by atoms with E-state index in [1.807, 2.05) is 11.3 Å². The third-order valence-corrected chi connectivity index (χ3v) is 7.37. The lowest BCUT2D eigenvalue weighted by molar-refractivity contribution is 1.27. The molecular formula is C27H16S. The summed E-state index contributed by atoms with van der Waals surface area (Å²) in [5.74, 6) is 0. The zero-order chi connectivity index (χ0) is 18.2. The van der Waals surface area contributed by atoms with Gasteiger partial charge in [0.1, 0.15) is 0 Å². The summed E-state index contributed by atoms with van der Waals surface area (Å²) in [6.45, 7) is 0. The van der Waals surface area contributed by atoms with Crippen molar-refractivity contribution in [1.29, 1.82) is 0 Å². The summed E-state index contributed by atoms with van der Waals surface area (Å²) in [4.78, 5) is 0. The summed E-state index contributed by atoms with van der Waals surface area (Å²) < 4.78 is 2.78. The van der Waals surface area contributed by atoms with Gasteiger partial charge in [-0.1, -0.05) is 66.7 Å². The van der Waals surface area contributed by atoms with Crippen LogP contribution in [0.3, 0.4) is 0 Å². The van der Waals surface area contributed by atoms with E-state index in [0.29, 0.717) is 0 Å². The van der Waals surface area contributed by atoms with Crippen LogP contribution in [0.5, 0.6) is 0 Å². The lowest BCUT2D eigenvalue weighted by Crippen LogP contribution is -1.81. The fourth-order valence-electron chi connectivity index (χ4n) is 5.00. The summed E-state index contributed by atoms with van der Waals surface area (Å²) >= 11 is 1.92. The molecule has 1 heterocycles. The maximum absolute atomic E-state index is 2.46. The van der Waals surface area contributed by atoms with Crippen LogP contribution in [0, 0.1) is 0 Å². The summed E-state index contributed by atoms with van der Waals surface area (Å²) in [5.41, 5.74) is 5.79. The number of hydrogen-bond acceptors (Lipinski definition) is 1. The maximum atomic E-state index is 2.46. The lowest BCUT2D eigenvalue weighted by Gasteiger charge is -2.07. The molecule has 1 heteroatoms. The van der Waals surface area contributed by atoms with Gasteiger partial charge in [0.05, 0.1) is 0 Å². The molecule has 0 radical (unpaired) electrons. The molecule has 0 bridgehead atoms. The standard InChI is InChI=1S/C27H16S/c1-3-7-20-16(5-1)9-10-18-13-19-14-23-25(15-22(19)26(18)20)28-24-12-11-17-6-2-4-8-21(17)27(23)24/h1-12,14-15H,13H2. The highest BCUT2D eigenvalue weighted by Crippen LogP contribution is 2.46. The Morgan fingerprint density at radius 3 is 2.21 bits per heavy atom. The molecule has 28 heavy (non-hydrogen) atoms. The fourth-order valence-corrected chi connectivity index (χ4v) is 6.15. The van der Waals surface area contributed by atoms with Crippen molar-refractivity contribution in [2.24, 2.45) is 0 Å². The minimum absolute atomic E-state index is 1.04. The Morgan fingerprint density at radius 1 is 0.571 bits per heavy atom. The van der Waals surface area contributed by atoms with Crippen molar-refractivity contribution in [2.45, 2.75) is 6.42 Å². The second-order valence-electron chi connectivity index (χ2n) is 7.77.